The molecule has 0 amide bonds. The highest BCUT2D eigenvalue weighted by atomic mass is 31.2. The molecule has 1 unspecified atom stereocenters. The Labute approximate surface area is 121 Å². The molecular weight excluding hydrogens is 297 g/mol. The fourth-order valence-corrected chi connectivity index (χ4v) is 3.58. The van der Waals surface area contributed by atoms with Crippen LogP contribution in [0.25, 0.3) is 0 Å². The first-order valence-corrected chi connectivity index (χ1v) is 7.62. The summed E-state index contributed by atoms with van der Waals surface area (Å²) < 4.78 is 28.1. The van der Waals surface area contributed by atoms with Gasteiger partial charge in [0.1, 0.15) is 11.4 Å². The first-order chi connectivity index (χ1) is 10.0. The van der Waals surface area contributed by atoms with Gasteiger partial charge in [0.25, 0.3) is 5.69 Å². The summed E-state index contributed by atoms with van der Waals surface area (Å²) in [6.45, 7) is 0. The zero-order valence-electron chi connectivity index (χ0n) is 11.5. The predicted octanol–water partition coefficient (Wildman–Crippen LogP) is 3.76. The second kappa shape index (κ2) is 6.22. The second-order valence-corrected chi connectivity index (χ2v) is 6.50. The molecule has 2 aromatic rings. The number of furan rings is 1. The van der Waals surface area contributed by atoms with Crippen LogP contribution in [0, 0.1) is 10.1 Å². The third-order valence-electron chi connectivity index (χ3n) is 3.06. The van der Waals surface area contributed by atoms with Gasteiger partial charge in [-0.2, -0.15) is 0 Å². The quantitative estimate of drug-likeness (QED) is 0.458. The molecule has 0 aliphatic heterocycles. The highest BCUT2D eigenvalue weighted by Gasteiger charge is 2.39. The molecule has 0 aliphatic carbocycles. The van der Waals surface area contributed by atoms with Crippen LogP contribution in [0.1, 0.15) is 17.0 Å². The molecule has 1 heterocycles. The largest absolute Gasteiger partial charge is 0.468 e. The predicted molar refractivity (Wildman–Crippen MR) is 75.3 cm³/mol. The fraction of sp³-hybridized carbons (Fsp3) is 0.231. The van der Waals surface area contributed by atoms with E-state index >= 15 is 0 Å². The van der Waals surface area contributed by atoms with Gasteiger partial charge < -0.3 is 13.5 Å². The molecule has 0 bridgehead atoms. The molecular formula is C13H14NO6P. The molecule has 2 rings (SSSR count). The van der Waals surface area contributed by atoms with Crippen molar-refractivity contribution < 1.29 is 23.0 Å². The SMILES string of the molecule is COP(=O)(OC)C(c1ccc([N+](=O)[O-])cc1)c1ccco1. The number of non-ortho nitro benzene ring substituents is 1. The summed E-state index contributed by atoms with van der Waals surface area (Å²) in [7, 11) is -0.938. The second-order valence-electron chi connectivity index (χ2n) is 4.17. The maximum Gasteiger partial charge on any atom is 0.345 e. The van der Waals surface area contributed by atoms with Gasteiger partial charge in [0.15, 0.2) is 0 Å². The molecule has 112 valence electrons. The van der Waals surface area contributed by atoms with Gasteiger partial charge in [-0.15, -0.1) is 0 Å². The first-order valence-electron chi connectivity index (χ1n) is 6.01. The summed E-state index contributed by atoms with van der Waals surface area (Å²) >= 11 is 0. The average molecular weight is 311 g/mol. The average Bonchev–Trinajstić information content (AvgIpc) is 3.01. The van der Waals surface area contributed by atoms with Crippen LogP contribution in [0.2, 0.25) is 0 Å². The van der Waals surface area contributed by atoms with E-state index in [1.54, 1.807) is 12.1 Å². The van der Waals surface area contributed by atoms with Crippen molar-refractivity contribution in [2.75, 3.05) is 14.2 Å². The normalized spacial score (nSPS) is 13.0. The Bertz CT molecular complexity index is 644. The number of nitro groups is 1. The van der Waals surface area contributed by atoms with Crippen molar-refractivity contribution in [3.8, 4) is 0 Å². The molecule has 1 aromatic carbocycles. The van der Waals surface area contributed by atoms with Crippen molar-refractivity contribution in [1.29, 1.82) is 0 Å². The summed E-state index contributed by atoms with van der Waals surface area (Å²) in [6.07, 6.45) is 1.45. The van der Waals surface area contributed by atoms with E-state index in [1.807, 2.05) is 0 Å². The Morgan fingerprint density at radius 2 is 1.81 bits per heavy atom. The zero-order valence-corrected chi connectivity index (χ0v) is 12.4. The van der Waals surface area contributed by atoms with Gasteiger partial charge in [-0.05, 0) is 17.7 Å². The van der Waals surface area contributed by atoms with Crippen LogP contribution in [0.15, 0.2) is 47.1 Å². The molecule has 7 nitrogen and oxygen atoms in total. The van der Waals surface area contributed by atoms with E-state index in [0.717, 1.165) is 0 Å². The number of nitrogens with zero attached hydrogens (tertiary/aromatic N) is 1. The Morgan fingerprint density at radius 1 is 1.19 bits per heavy atom. The Balaban J connectivity index is 2.50. The van der Waals surface area contributed by atoms with E-state index in [1.165, 1.54) is 44.7 Å². The molecule has 0 radical (unpaired) electrons. The molecule has 0 saturated carbocycles. The van der Waals surface area contributed by atoms with Crippen molar-refractivity contribution in [3.05, 3.63) is 64.1 Å². The summed E-state index contributed by atoms with van der Waals surface area (Å²) in [4.78, 5) is 10.2. The summed E-state index contributed by atoms with van der Waals surface area (Å²) in [5, 5.41) is 10.7. The summed E-state index contributed by atoms with van der Waals surface area (Å²) in [6, 6.07) is 8.99. The van der Waals surface area contributed by atoms with Crippen molar-refractivity contribution >= 4 is 13.3 Å². The third kappa shape index (κ3) is 3.05. The molecule has 21 heavy (non-hydrogen) atoms. The lowest BCUT2D eigenvalue weighted by atomic mass is 10.1. The van der Waals surface area contributed by atoms with Crippen LogP contribution < -0.4 is 0 Å². The van der Waals surface area contributed by atoms with E-state index < -0.39 is 18.2 Å². The van der Waals surface area contributed by atoms with Gasteiger partial charge in [0.05, 0.1) is 11.2 Å². The van der Waals surface area contributed by atoms with Crippen LogP contribution in [-0.4, -0.2) is 19.1 Å². The van der Waals surface area contributed by atoms with Crippen molar-refractivity contribution in [2.24, 2.45) is 0 Å². The first kappa shape index (κ1) is 15.4. The zero-order chi connectivity index (χ0) is 15.5. The van der Waals surface area contributed by atoms with Gasteiger partial charge in [0, 0.05) is 26.4 Å². The lowest BCUT2D eigenvalue weighted by Crippen LogP contribution is -2.05. The van der Waals surface area contributed by atoms with Gasteiger partial charge in [-0.25, -0.2) is 0 Å². The van der Waals surface area contributed by atoms with Crippen molar-refractivity contribution in [3.63, 3.8) is 0 Å². The minimum Gasteiger partial charge on any atom is -0.468 e. The molecule has 0 aliphatic rings. The summed E-state index contributed by atoms with van der Waals surface area (Å²) in [5.74, 6) is 0.399. The Kier molecular flexibility index (Phi) is 4.57. The Hall–Kier alpha value is -1.95. The van der Waals surface area contributed by atoms with Crippen LogP contribution in [0.4, 0.5) is 5.69 Å². The molecule has 8 heteroatoms. The molecule has 1 aromatic heterocycles. The van der Waals surface area contributed by atoms with Gasteiger partial charge >= 0.3 is 7.60 Å². The van der Waals surface area contributed by atoms with Gasteiger partial charge in [-0.1, -0.05) is 12.1 Å². The molecule has 1 atom stereocenters. The van der Waals surface area contributed by atoms with Gasteiger partial charge in [0.2, 0.25) is 0 Å². The smallest absolute Gasteiger partial charge is 0.345 e. The highest BCUT2D eigenvalue weighted by molar-refractivity contribution is 7.54. The van der Waals surface area contributed by atoms with E-state index in [0.29, 0.717) is 11.3 Å². The maximum absolute atomic E-state index is 12.7. The third-order valence-corrected chi connectivity index (χ3v) is 5.26. The van der Waals surface area contributed by atoms with Crippen LogP contribution in [-0.2, 0) is 13.6 Å². The molecule has 0 N–H and O–H groups in total. The van der Waals surface area contributed by atoms with Crippen LogP contribution in [0.5, 0.6) is 0 Å². The molecule has 0 saturated heterocycles. The van der Waals surface area contributed by atoms with E-state index in [4.69, 9.17) is 13.5 Å². The molecule has 0 spiro atoms. The monoisotopic (exact) mass is 311 g/mol. The number of benzene rings is 1. The van der Waals surface area contributed by atoms with E-state index in [2.05, 4.69) is 0 Å². The number of nitro benzene ring substituents is 1. The Morgan fingerprint density at radius 3 is 2.24 bits per heavy atom. The number of rotatable bonds is 6. The van der Waals surface area contributed by atoms with Crippen molar-refractivity contribution in [1.82, 2.24) is 0 Å². The molecule has 0 fully saturated rings. The topological polar surface area (TPSA) is 91.8 Å². The van der Waals surface area contributed by atoms with Gasteiger partial charge in [-0.3, -0.25) is 14.7 Å². The standard InChI is InChI=1S/C13H14NO6P/c1-18-21(17,19-2)13(12-4-3-9-20-12)10-5-7-11(8-6-10)14(15)16/h3-9,13H,1-2H3. The minimum absolute atomic E-state index is 0.0541. The minimum atomic E-state index is -3.50. The number of hydrogen-bond acceptors (Lipinski definition) is 6. The van der Waals surface area contributed by atoms with E-state index in [9.17, 15) is 14.7 Å². The van der Waals surface area contributed by atoms with Crippen molar-refractivity contribution in [2.45, 2.75) is 5.66 Å². The van der Waals surface area contributed by atoms with Crippen LogP contribution >= 0.6 is 7.60 Å². The highest BCUT2D eigenvalue weighted by Crippen LogP contribution is 2.62. The lowest BCUT2D eigenvalue weighted by molar-refractivity contribution is -0.384. The fourth-order valence-electron chi connectivity index (χ4n) is 2.01. The maximum atomic E-state index is 12.7. The van der Waals surface area contributed by atoms with Crippen LogP contribution in [0.3, 0.4) is 0 Å². The van der Waals surface area contributed by atoms with E-state index in [-0.39, 0.29) is 5.69 Å². The lowest BCUT2D eigenvalue weighted by Gasteiger charge is -2.22. The summed E-state index contributed by atoms with van der Waals surface area (Å²) in [5.41, 5.74) is -0.299. The number of hydrogen-bond donors (Lipinski definition) is 0.